The molecule has 2 atom stereocenters. The molecule has 2 rings (SSSR count). The monoisotopic (exact) mass is 278 g/mol. The molecular formula is C16H26N2O2. The van der Waals surface area contributed by atoms with E-state index in [1.165, 1.54) is 18.5 Å². The molecule has 0 aromatic heterocycles. The van der Waals surface area contributed by atoms with E-state index in [9.17, 15) is 0 Å². The van der Waals surface area contributed by atoms with Gasteiger partial charge in [0.05, 0.1) is 14.2 Å². The summed E-state index contributed by atoms with van der Waals surface area (Å²) < 4.78 is 10.7. The van der Waals surface area contributed by atoms with Gasteiger partial charge in [0.25, 0.3) is 0 Å². The molecular weight excluding hydrogens is 252 g/mol. The smallest absolute Gasteiger partial charge is 0.162 e. The van der Waals surface area contributed by atoms with E-state index < -0.39 is 0 Å². The van der Waals surface area contributed by atoms with Crippen LogP contribution in [-0.4, -0.2) is 39.4 Å². The lowest BCUT2D eigenvalue weighted by atomic mass is 9.97. The van der Waals surface area contributed by atoms with Gasteiger partial charge in [-0.3, -0.25) is 0 Å². The molecule has 4 heteroatoms. The molecule has 0 radical (unpaired) electrons. The Balaban J connectivity index is 2.12. The minimum atomic E-state index is 0.533. The van der Waals surface area contributed by atoms with Crippen molar-refractivity contribution in [2.45, 2.75) is 38.8 Å². The van der Waals surface area contributed by atoms with E-state index in [2.05, 4.69) is 36.2 Å². The quantitative estimate of drug-likeness (QED) is 0.898. The van der Waals surface area contributed by atoms with E-state index in [0.29, 0.717) is 12.1 Å². The summed E-state index contributed by atoms with van der Waals surface area (Å²) >= 11 is 0. The second kappa shape index (κ2) is 6.84. The maximum atomic E-state index is 5.40. The summed E-state index contributed by atoms with van der Waals surface area (Å²) in [7, 11) is 3.35. The second-order valence-electron chi connectivity index (χ2n) is 5.36. The first-order valence-electron chi connectivity index (χ1n) is 7.41. The van der Waals surface area contributed by atoms with E-state index >= 15 is 0 Å². The van der Waals surface area contributed by atoms with Crippen molar-refractivity contribution >= 4 is 5.69 Å². The van der Waals surface area contributed by atoms with Gasteiger partial charge in [0, 0.05) is 30.4 Å². The first-order valence-corrected chi connectivity index (χ1v) is 7.41. The largest absolute Gasteiger partial charge is 0.493 e. The number of methoxy groups -OCH3 is 2. The molecule has 112 valence electrons. The number of piperidine rings is 1. The van der Waals surface area contributed by atoms with Crippen LogP contribution in [0, 0.1) is 0 Å². The summed E-state index contributed by atoms with van der Waals surface area (Å²) in [6.07, 6.45) is 2.37. The van der Waals surface area contributed by atoms with Gasteiger partial charge in [0.1, 0.15) is 0 Å². The van der Waals surface area contributed by atoms with Crippen LogP contribution in [0.15, 0.2) is 18.2 Å². The molecule has 1 fully saturated rings. The Bertz CT molecular complexity index is 436. The van der Waals surface area contributed by atoms with Crippen LogP contribution in [-0.2, 0) is 0 Å². The Morgan fingerprint density at radius 3 is 2.60 bits per heavy atom. The summed E-state index contributed by atoms with van der Waals surface area (Å²) in [6.45, 7) is 6.59. The summed E-state index contributed by atoms with van der Waals surface area (Å²) in [5.41, 5.74) is 1.21. The zero-order valence-electron chi connectivity index (χ0n) is 13.0. The van der Waals surface area contributed by atoms with Crippen molar-refractivity contribution < 1.29 is 9.47 Å². The molecule has 2 unspecified atom stereocenters. The number of nitrogens with zero attached hydrogens (tertiary/aromatic N) is 1. The molecule has 4 nitrogen and oxygen atoms in total. The van der Waals surface area contributed by atoms with Gasteiger partial charge in [-0.05, 0) is 38.4 Å². The zero-order valence-corrected chi connectivity index (χ0v) is 13.0. The van der Waals surface area contributed by atoms with E-state index in [4.69, 9.17) is 9.47 Å². The molecule has 1 aliphatic heterocycles. The van der Waals surface area contributed by atoms with Gasteiger partial charge in [0.2, 0.25) is 0 Å². The fourth-order valence-corrected chi connectivity index (χ4v) is 3.03. The van der Waals surface area contributed by atoms with Crippen LogP contribution in [0.3, 0.4) is 0 Å². The number of hydrogen-bond donors (Lipinski definition) is 1. The predicted octanol–water partition coefficient (Wildman–Crippen LogP) is 2.67. The Kier molecular flexibility index (Phi) is 5.12. The average Bonchev–Trinajstić information content (AvgIpc) is 2.47. The number of ether oxygens (including phenoxy) is 2. The van der Waals surface area contributed by atoms with Gasteiger partial charge in [0.15, 0.2) is 11.5 Å². The lowest BCUT2D eigenvalue weighted by molar-refractivity contribution is 0.353. The second-order valence-corrected chi connectivity index (χ2v) is 5.36. The molecule has 0 bridgehead atoms. The first-order chi connectivity index (χ1) is 9.69. The summed E-state index contributed by atoms with van der Waals surface area (Å²) in [6, 6.07) is 7.35. The molecule has 1 N–H and O–H groups in total. The van der Waals surface area contributed by atoms with Gasteiger partial charge < -0.3 is 19.7 Å². The predicted molar refractivity (Wildman–Crippen MR) is 83.1 cm³/mol. The molecule has 1 aromatic rings. The minimum absolute atomic E-state index is 0.533. The van der Waals surface area contributed by atoms with Crippen molar-refractivity contribution in [3.05, 3.63) is 18.2 Å². The summed E-state index contributed by atoms with van der Waals surface area (Å²) in [4.78, 5) is 2.45. The lowest BCUT2D eigenvalue weighted by Crippen LogP contribution is -2.47. The van der Waals surface area contributed by atoms with Crippen LogP contribution < -0.4 is 19.7 Å². The van der Waals surface area contributed by atoms with Crippen molar-refractivity contribution in [1.82, 2.24) is 5.32 Å². The number of nitrogens with one attached hydrogen (secondary N) is 1. The fourth-order valence-electron chi connectivity index (χ4n) is 3.03. The summed E-state index contributed by atoms with van der Waals surface area (Å²) in [5.74, 6) is 1.58. The number of benzene rings is 1. The van der Waals surface area contributed by atoms with Gasteiger partial charge in [-0.1, -0.05) is 6.92 Å². The van der Waals surface area contributed by atoms with Crippen molar-refractivity contribution in [1.29, 1.82) is 0 Å². The van der Waals surface area contributed by atoms with E-state index in [1.807, 2.05) is 6.07 Å². The van der Waals surface area contributed by atoms with Crippen LogP contribution >= 0.6 is 0 Å². The average molecular weight is 278 g/mol. The van der Waals surface area contributed by atoms with Gasteiger partial charge >= 0.3 is 0 Å². The highest BCUT2D eigenvalue weighted by Gasteiger charge is 2.25. The van der Waals surface area contributed by atoms with Crippen LogP contribution in [0.25, 0.3) is 0 Å². The minimum Gasteiger partial charge on any atom is -0.493 e. The van der Waals surface area contributed by atoms with Crippen LogP contribution in [0.4, 0.5) is 5.69 Å². The van der Waals surface area contributed by atoms with Crippen LogP contribution in [0.2, 0.25) is 0 Å². The van der Waals surface area contributed by atoms with E-state index in [-0.39, 0.29) is 0 Å². The van der Waals surface area contributed by atoms with E-state index in [0.717, 1.165) is 24.6 Å². The van der Waals surface area contributed by atoms with Crippen LogP contribution in [0.1, 0.15) is 26.7 Å². The number of rotatable bonds is 5. The highest BCUT2D eigenvalue weighted by molar-refractivity contribution is 5.57. The highest BCUT2D eigenvalue weighted by atomic mass is 16.5. The maximum absolute atomic E-state index is 5.40. The molecule has 1 heterocycles. The first kappa shape index (κ1) is 15.0. The Labute approximate surface area is 122 Å². The van der Waals surface area contributed by atoms with Crippen molar-refractivity contribution in [3.8, 4) is 11.5 Å². The van der Waals surface area contributed by atoms with Crippen molar-refractivity contribution in [2.75, 3.05) is 32.2 Å². The van der Waals surface area contributed by atoms with Gasteiger partial charge in [-0.15, -0.1) is 0 Å². The van der Waals surface area contributed by atoms with Crippen LogP contribution in [0.5, 0.6) is 11.5 Å². The highest BCUT2D eigenvalue weighted by Crippen LogP contribution is 2.33. The molecule has 0 spiro atoms. The van der Waals surface area contributed by atoms with Gasteiger partial charge in [-0.25, -0.2) is 0 Å². The molecule has 1 saturated heterocycles. The molecule has 20 heavy (non-hydrogen) atoms. The van der Waals surface area contributed by atoms with Crippen molar-refractivity contribution in [3.63, 3.8) is 0 Å². The fraction of sp³-hybridized carbons (Fsp3) is 0.625. The molecule has 1 aliphatic rings. The third-order valence-corrected chi connectivity index (χ3v) is 4.07. The number of anilines is 1. The molecule has 1 aromatic carbocycles. The topological polar surface area (TPSA) is 33.7 Å². The Morgan fingerprint density at radius 1 is 1.25 bits per heavy atom. The summed E-state index contributed by atoms with van der Waals surface area (Å²) in [5, 5.41) is 3.56. The molecule has 0 amide bonds. The standard InChI is InChI=1S/C16H26N2O2/c1-5-17-13-8-9-18(12(2)10-13)14-6-7-15(19-3)16(11-14)20-4/h6-7,11-13,17H,5,8-10H2,1-4H3. The Morgan fingerprint density at radius 2 is 2.00 bits per heavy atom. The third kappa shape index (κ3) is 3.18. The lowest BCUT2D eigenvalue weighted by Gasteiger charge is -2.39. The Hall–Kier alpha value is -1.42. The SMILES string of the molecule is CCNC1CCN(c2ccc(OC)c(OC)c2)C(C)C1. The van der Waals surface area contributed by atoms with Crippen molar-refractivity contribution in [2.24, 2.45) is 0 Å². The maximum Gasteiger partial charge on any atom is 0.162 e. The zero-order chi connectivity index (χ0) is 14.5. The van der Waals surface area contributed by atoms with E-state index in [1.54, 1.807) is 14.2 Å². The molecule has 0 aliphatic carbocycles. The van der Waals surface area contributed by atoms with Gasteiger partial charge in [-0.2, -0.15) is 0 Å². The normalized spacial score (nSPS) is 22.7. The molecule has 0 saturated carbocycles. The third-order valence-electron chi connectivity index (χ3n) is 4.07. The number of hydrogen-bond acceptors (Lipinski definition) is 4.